The Morgan fingerprint density at radius 2 is 1.64 bits per heavy atom. The molecule has 0 aliphatic carbocycles. The lowest BCUT2D eigenvalue weighted by Gasteiger charge is -2.09. The van der Waals surface area contributed by atoms with E-state index in [-0.39, 0.29) is 5.91 Å². The number of hydrogen-bond donors (Lipinski definition) is 2. The summed E-state index contributed by atoms with van der Waals surface area (Å²) in [6.07, 6.45) is 3.16. The van der Waals surface area contributed by atoms with Crippen molar-refractivity contribution in [3.05, 3.63) is 82.1 Å². The van der Waals surface area contributed by atoms with Crippen LogP contribution in [0.15, 0.2) is 60.9 Å². The van der Waals surface area contributed by atoms with Crippen molar-refractivity contribution in [2.45, 2.75) is 6.92 Å². The van der Waals surface area contributed by atoms with Gasteiger partial charge in [0, 0.05) is 27.6 Å². The van der Waals surface area contributed by atoms with E-state index in [0.717, 1.165) is 11.3 Å². The van der Waals surface area contributed by atoms with Crippen LogP contribution in [0.4, 0.5) is 17.1 Å². The summed E-state index contributed by atoms with van der Waals surface area (Å²) >= 11 is 12.0. The number of rotatable bonds is 4. The summed E-state index contributed by atoms with van der Waals surface area (Å²) in [5.41, 5.74) is 3.59. The molecule has 0 aliphatic heterocycles. The minimum Gasteiger partial charge on any atom is -0.354 e. The zero-order valence-corrected chi connectivity index (χ0v) is 14.9. The van der Waals surface area contributed by atoms with E-state index in [9.17, 15) is 4.79 Å². The van der Waals surface area contributed by atoms with Crippen molar-refractivity contribution in [1.29, 1.82) is 0 Å². The number of anilines is 3. The van der Waals surface area contributed by atoms with E-state index in [0.29, 0.717) is 27.0 Å². The summed E-state index contributed by atoms with van der Waals surface area (Å²) in [5, 5.41) is 7.27. The number of halogens is 2. The second-order valence-electron chi connectivity index (χ2n) is 5.51. The summed E-state index contributed by atoms with van der Waals surface area (Å²) in [6.45, 7) is 1.91. The van der Waals surface area contributed by atoms with E-state index in [1.54, 1.807) is 30.5 Å². The van der Waals surface area contributed by atoms with E-state index in [1.807, 2.05) is 31.2 Å². The topological polar surface area (TPSA) is 54.0 Å². The number of carbonyl (C=O) groups excluding carboxylic acids is 1. The highest BCUT2D eigenvalue weighted by Crippen LogP contribution is 2.22. The lowest BCUT2D eigenvalue weighted by molar-refractivity contribution is 0.102. The highest BCUT2D eigenvalue weighted by atomic mass is 35.5. The van der Waals surface area contributed by atoms with Crippen LogP contribution in [-0.4, -0.2) is 10.9 Å². The van der Waals surface area contributed by atoms with Crippen molar-refractivity contribution in [3.8, 4) is 0 Å². The molecule has 0 spiro atoms. The first-order chi connectivity index (χ1) is 12.0. The lowest BCUT2D eigenvalue weighted by atomic mass is 10.2. The largest absolute Gasteiger partial charge is 0.354 e. The number of carbonyl (C=O) groups is 1. The summed E-state index contributed by atoms with van der Waals surface area (Å²) in [6, 6.07) is 14.4. The first-order valence-electron chi connectivity index (χ1n) is 7.56. The standard InChI is InChI=1S/C19H15Cl2N3O/c1-12-2-5-16(9-18(12)21)24-19(25)13-8-17(11-22-10-13)23-15-6-3-14(20)4-7-15/h2-11,23H,1H3,(H,24,25). The molecular formula is C19H15Cl2N3O. The Morgan fingerprint density at radius 1 is 0.920 bits per heavy atom. The summed E-state index contributed by atoms with van der Waals surface area (Å²) < 4.78 is 0. The maximum atomic E-state index is 12.4. The number of aromatic nitrogens is 1. The quantitative estimate of drug-likeness (QED) is 0.618. The van der Waals surface area contributed by atoms with Gasteiger partial charge in [-0.1, -0.05) is 29.3 Å². The number of pyridine rings is 1. The van der Waals surface area contributed by atoms with E-state index in [2.05, 4.69) is 15.6 Å². The Morgan fingerprint density at radius 3 is 2.36 bits per heavy atom. The number of nitrogens with one attached hydrogen (secondary N) is 2. The highest BCUT2D eigenvalue weighted by molar-refractivity contribution is 6.31. The number of hydrogen-bond acceptors (Lipinski definition) is 3. The zero-order chi connectivity index (χ0) is 17.8. The van der Waals surface area contributed by atoms with E-state index >= 15 is 0 Å². The highest BCUT2D eigenvalue weighted by Gasteiger charge is 2.09. The van der Waals surface area contributed by atoms with Gasteiger partial charge >= 0.3 is 0 Å². The fourth-order valence-corrected chi connectivity index (χ4v) is 2.51. The smallest absolute Gasteiger partial charge is 0.257 e. The van der Waals surface area contributed by atoms with Gasteiger partial charge in [0.25, 0.3) is 5.91 Å². The normalized spacial score (nSPS) is 10.4. The van der Waals surface area contributed by atoms with Crippen LogP contribution in [-0.2, 0) is 0 Å². The van der Waals surface area contributed by atoms with Crippen molar-refractivity contribution in [3.63, 3.8) is 0 Å². The number of amides is 1. The van der Waals surface area contributed by atoms with Gasteiger partial charge in [0.2, 0.25) is 0 Å². The van der Waals surface area contributed by atoms with Gasteiger partial charge in [0.05, 0.1) is 17.4 Å². The van der Waals surface area contributed by atoms with E-state index in [4.69, 9.17) is 23.2 Å². The molecule has 0 atom stereocenters. The predicted molar refractivity (Wildman–Crippen MR) is 103 cm³/mol. The van der Waals surface area contributed by atoms with E-state index in [1.165, 1.54) is 6.20 Å². The Bertz CT molecular complexity index is 911. The fourth-order valence-electron chi connectivity index (χ4n) is 2.21. The van der Waals surface area contributed by atoms with Gasteiger partial charge in [0.15, 0.2) is 0 Å². The minimum atomic E-state index is -0.257. The van der Waals surface area contributed by atoms with Gasteiger partial charge in [-0.05, 0) is 55.0 Å². The van der Waals surface area contributed by atoms with Gasteiger partial charge in [-0.15, -0.1) is 0 Å². The third-order valence-electron chi connectivity index (χ3n) is 3.56. The monoisotopic (exact) mass is 371 g/mol. The van der Waals surface area contributed by atoms with Gasteiger partial charge in [-0.2, -0.15) is 0 Å². The van der Waals surface area contributed by atoms with Crippen LogP contribution in [0.25, 0.3) is 0 Å². The minimum absolute atomic E-state index is 0.257. The molecule has 2 N–H and O–H groups in total. The summed E-state index contributed by atoms with van der Waals surface area (Å²) in [7, 11) is 0. The Labute approximate surface area is 155 Å². The van der Waals surface area contributed by atoms with Crippen LogP contribution in [0, 0.1) is 6.92 Å². The van der Waals surface area contributed by atoms with Crippen LogP contribution in [0.2, 0.25) is 10.0 Å². The van der Waals surface area contributed by atoms with Gasteiger partial charge in [-0.25, -0.2) is 0 Å². The van der Waals surface area contributed by atoms with Crippen molar-refractivity contribution in [2.24, 2.45) is 0 Å². The molecule has 126 valence electrons. The predicted octanol–water partition coefficient (Wildman–Crippen LogP) is 5.69. The van der Waals surface area contributed by atoms with Crippen molar-refractivity contribution in [1.82, 2.24) is 4.98 Å². The molecular weight excluding hydrogens is 357 g/mol. The third-order valence-corrected chi connectivity index (χ3v) is 4.22. The van der Waals surface area contributed by atoms with E-state index < -0.39 is 0 Å². The van der Waals surface area contributed by atoms with Gasteiger partial charge < -0.3 is 10.6 Å². The molecule has 0 unspecified atom stereocenters. The molecule has 3 aromatic rings. The average Bonchev–Trinajstić information content (AvgIpc) is 2.60. The van der Waals surface area contributed by atoms with Crippen molar-refractivity contribution >= 4 is 46.2 Å². The summed E-state index contributed by atoms with van der Waals surface area (Å²) in [5.74, 6) is -0.257. The molecule has 1 aromatic heterocycles. The van der Waals surface area contributed by atoms with Crippen LogP contribution < -0.4 is 10.6 Å². The van der Waals surface area contributed by atoms with Gasteiger partial charge in [-0.3, -0.25) is 9.78 Å². The van der Waals surface area contributed by atoms with Crippen LogP contribution in [0.5, 0.6) is 0 Å². The molecule has 0 saturated carbocycles. The first kappa shape index (κ1) is 17.3. The maximum Gasteiger partial charge on any atom is 0.257 e. The third kappa shape index (κ3) is 4.50. The molecule has 0 aliphatic rings. The SMILES string of the molecule is Cc1ccc(NC(=O)c2cncc(Nc3ccc(Cl)cc3)c2)cc1Cl. The second kappa shape index (κ2) is 7.55. The molecule has 25 heavy (non-hydrogen) atoms. The number of aryl methyl sites for hydroxylation is 1. The summed E-state index contributed by atoms with van der Waals surface area (Å²) in [4.78, 5) is 16.5. The molecule has 1 amide bonds. The molecule has 1 heterocycles. The molecule has 6 heteroatoms. The molecule has 0 bridgehead atoms. The van der Waals surface area contributed by atoms with Crippen LogP contribution in [0.3, 0.4) is 0 Å². The molecule has 2 aromatic carbocycles. The van der Waals surface area contributed by atoms with Gasteiger partial charge in [0.1, 0.15) is 0 Å². The molecule has 0 fully saturated rings. The zero-order valence-electron chi connectivity index (χ0n) is 13.4. The lowest BCUT2D eigenvalue weighted by Crippen LogP contribution is -2.12. The van der Waals surface area contributed by atoms with Crippen LogP contribution in [0.1, 0.15) is 15.9 Å². The Kier molecular flexibility index (Phi) is 5.22. The average molecular weight is 372 g/mol. The number of benzene rings is 2. The van der Waals surface area contributed by atoms with Crippen molar-refractivity contribution in [2.75, 3.05) is 10.6 Å². The second-order valence-corrected chi connectivity index (χ2v) is 6.36. The first-order valence-corrected chi connectivity index (χ1v) is 8.32. The Balaban J connectivity index is 1.74. The molecule has 3 rings (SSSR count). The maximum absolute atomic E-state index is 12.4. The molecule has 4 nitrogen and oxygen atoms in total. The Hall–Kier alpha value is -2.56. The molecule has 0 saturated heterocycles. The number of nitrogens with zero attached hydrogens (tertiary/aromatic N) is 1. The molecule has 0 radical (unpaired) electrons. The fraction of sp³-hybridized carbons (Fsp3) is 0.0526. The van der Waals surface area contributed by atoms with Crippen molar-refractivity contribution < 1.29 is 4.79 Å². The van der Waals surface area contributed by atoms with Crippen LogP contribution >= 0.6 is 23.2 Å².